The number of rotatable bonds is 11. The normalized spacial score (nSPS) is 15.5. The molecule has 0 aliphatic carbocycles. The van der Waals surface area contributed by atoms with E-state index in [1.165, 1.54) is 11.0 Å². The molecule has 0 aromatic heterocycles. The van der Waals surface area contributed by atoms with E-state index in [1.807, 2.05) is 24.3 Å². The Hall–Kier alpha value is -4.48. The van der Waals surface area contributed by atoms with E-state index in [1.54, 1.807) is 60.7 Å². The molecule has 10 nitrogen and oxygen atoms in total. The molecule has 3 aromatic rings. The predicted octanol–water partition coefficient (Wildman–Crippen LogP) is 3.34. The van der Waals surface area contributed by atoms with Crippen molar-refractivity contribution >= 4 is 39.7 Å². The van der Waals surface area contributed by atoms with Crippen LogP contribution in [-0.2, 0) is 30.9 Å². The van der Waals surface area contributed by atoms with Gasteiger partial charge in [-0.05, 0) is 41.5 Å². The van der Waals surface area contributed by atoms with Gasteiger partial charge in [0.2, 0.25) is 10.0 Å². The number of nitrogens with one attached hydrogen (secondary N) is 1. The quantitative estimate of drug-likeness (QED) is 0.212. The number of cyclic esters (lactones) is 1. The number of hydrogen-bond acceptors (Lipinski definition) is 7. The number of nitrogen functional groups attached to an aromatic ring is 1. The van der Waals surface area contributed by atoms with Crippen LogP contribution < -0.4 is 10.6 Å². The zero-order chi connectivity index (χ0) is 27.8. The molecule has 1 amide bonds. The largest absolute Gasteiger partial charge is 0.460 e. The van der Waals surface area contributed by atoms with Gasteiger partial charge in [-0.2, -0.15) is 4.31 Å². The highest BCUT2D eigenvalue weighted by Crippen LogP contribution is 2.23. The van der Waals surface area contributed by atoms with Crippen LogP contribution in [0.2, 0.25) is 0 Å². The van der Waals surface area contributed by atoms with Crippen molar-refractivity contribution in [3.8, 4) is 0 Å². The Bertz CT molecular complexity index is 1440. The Morgan fingerprint density at radius 3 is 2.33 bits per heavy atom. The summed E-state index contributed by atoms with van der Waals surface area (Å²) in [6.07, 6.45) is -0.0625. The maximum atomic E-state index is 13.3. The first kappa shape index (κ1) is 27.6. The molecule has 4 rings (SSSR count). The van der Waals surface area contributed by atoms with Gasteiger partial charge < -0.3 is 15.2 Å². The van der Waals surface area contributed by atoms with Gasteiger partial charge in [0.25, 0.3) is 0 Å². The molecular formula is C28H28N4O6S. The zero-order valence-corrected chi connectivity index (χ0v) is 21.8. The average Bonchev–Trinajstić information content (AvgIpc) is 3.31. The van der Waals surface area contributed by atoms with Crippen molar-refractivity contribution in [3.05, 3.63) is 107 Å². The minimum Gasteiger partial charge on any atom is -0.460 e. The number of sulfonamides is 1. The summed E-state index contributed by atoms with van der Waals surface area (Å²) in [4.78, 5) is 26.6. The highest BCUT2D eigenvalue weighted by molar-refractivity contribution is 7.92. The van der Waals surface area contributed by atoms with Crippen molar-refractivity contribution in [2.45, 2.75) is 12.7 Å². The van der Waals surface area contributed by atoms with Crippen LogP contribution in [0.15, 0.2) is 90.3 Å². The maximum Gasteiger partial charge on any atom is 0.414 e. The second kappa shape index (κ2) is 12.4. The second-order valence-electron chi connectivity index (χ2n) is 8.77. The molecule has 0 saturated carbocycles. The van der Waals surface area contributed by atoms with E-state index in [-0.39, 0.29) is 25.5 Å². The van der Waals surface area contributed by atoms with Gasteiger partial charge in [-0.25, -0.2) is 13.2 Å². The molecule has 11 heteroatoms. The minimum absolute atomic E-state index is 0.00410. The van der Waals surface area contributed by atoms with Crippen LogP contribution in [0.25, 0.3) is 6.08 Å². The molecule has 1 fully saturated rings. The van der Waals surface area contributed by atoms with Crippen LogP contribution in [0.3, 0.4) is 0 Å². The van der Waals surface area contributed by atoms with Crippen LogP contribution in [0.5, 0.6) is 0 Å². The number of nitrogens with two attached hydrogens (primary N) is 1. The summed E-state index contributed by atoms with van der Waals surface area (Å²) in [6, 6.07) is 24.4. The third-order valence-electron chi connectivity index (χ3n) is 5.91. The summed E-state index contributed by atoms with van der Waals surface area (Å²) < 4.78 is 38.3. The summed E-state index contributed by atoms with van der Waals surface area (Å²) in [7, 11) is -4.10. The lowest BCUT2D eigenvalue weighted by molar-refractivity contribution is -0.145. The number of carbonyl (C=O) groups excluding carboxylic acids is 2. The Kier molecular flexibility index (Phi) is 8.74. The number of hydrogen-bond donors (Lipinski definition) is 2. The standard InChI is InChI=1S/C28H28N4O6S/c29-27(30)23-11-13-24(14-12-23)32-18-25(38-28(32)34)17-31(19-26(33)37-20-22-9-5-2-6-10-22)39(35,36)16-15-21-7-3-1-4-8-21/h1-16,25H,17-20H2,(H3,29,30). The number of anilines is 1. The lowest BCUT2D eigenvalue weighted by Crippen LogP contribution is -2.41. The Morgan fingerprint density at radius 2 is 1.69 bits per heavy atom. The van der Waals surface area contributed by atoms with Crippen molar-refractivity contribution < 1.29 is 27.5 Å². The van der Waals surface area contributed by atoms with Gasteiger partial charge in [0.1, 0.15) is 25.1 Å². The van der Waals surface area contributed by atoms with Crippen molar-refractivity contribution in [1.82, 2.24) is 4.31 Å². The molecule has 3 aromatic carbocycles. The number of esters is 1. The number of carbonyl (C=O) groups is 2. The highest BCUT2D eigenvalue weighted by atomic mass is 32.2. The van der Waals surface area contributed by atoms with Gasteiger partial charge in [0.05, 0.1) is 13.1 Å². The van der Waals surface area contributed by atoms with Gasteiger partial charge in [-0.15, -0.1) is 0 Å². The van der Waals surface area contributed by atoms with E-state index in [9.17, 15) is 18.0 Å². The average molecular weight is 549 g/mol. The van der Waals surface area contributed by atoms with Gasteiger partial charge >= 0.3 is 12.1 Å². The van der Waals surface area contributed by atoms with Crippen LogP contribution in [0, 0.1) is 5.41 Å². The number of ether oxygens (including phenoxy) is 2. The molecule has 1 aliphatic rings. The highest BCUT2D eigenvalue weighted by Gasteiger charge is 2.36. The van der Waals surface area contributed by atoms with Gasteiger partial charge in [0, 0.05) is 16.7 Å². The fourth-order valence-electron chi connectivity index (χ4n) is 3.88. The molecule has 0 radical (unpaired) electrons. The third kappa shape index (κ3) is 7.53. The molecule has 202 valence electrons. The van der Waals surface area contributed by atoms with E-state index < -0.39 is 34.7 Å². The van der Waals surface area contributed by atoms with Gasteiger partial charge in [-0.1, -0.05) is 60.7 Å². The van der Waals surface area contributed by atoms with Gasteiger partial charge in [-0.3, -0.25) is 15.1 Å². The minimum atomic E-state index is -4.10. The SMILES string of the molecule is N=C(N)c1ccc(N2CC(CN(CC(=O)OCc3ccccc3)S(=O)(=O)C=Cc3ccccc3)OC2=O)cc1. The number of amidine groups is 1. The maximum absolute atomic E-state index is 13.3. The molecule has 0 spiro atoms. The first-order valence-corrected chi connectivity index (χ1v) is 13.6. The first-order chi connectivity index (χ1) is 18.7. The van der Waals surface area contributed by atoms with E-state index in [0.29, 0.717) is 16.8 Å². The van der Waals surface area contributed by atoms with Crippen molar-refractivity contribution in [3.63, 3.8) is 0 Å². The van der Waals surface area contributed by atoms with Gasteiger partial charge in [0.15, 0.2) is 0 Å². The Morgan fingerprint density at radius 1 is 1.05 bits per heavy atom. The van der Waals surface area contributed by atoms with Crippen LogP contribution in [-0.4, -0.2) is 56.4 Å². The summed E-state index contributed by atoms with van der Waals surface area (Å²) in [5.74, 6) is -0.844. The smallest absolute Gasteiger partial charge is 0.414 e. The Balaban J connectivity index is 1.48. The van der Waals surface area contributed by atoms with E-state index in [4.69, 9.17) is 20.6 Å². The van der Waals surface area contributed by atoms with Crippen LogP contribution >= 0.6 is 0 Å². The second-order valence-corrected chi connectivity index (χ2v) is 10.6. The molecule has 1 unspecified atom stereocenters. The number of benzene rings is 3. The zero-order valence-electron chi connectivity index (χ0n) is 21.0. The third-order valence-corrected chi connectivity index (χ3v) is 7.39. The van der Waals surface area contributed by atoms with E-state index in [2.05, 4.69) is 0 Å². The topological polar surface area (TPSA) is 143 Å². The number of nitrogens with zero attached hydrogens (tertiary/aromatic N) is 2. The summed E-state index contributed by atoms with van der Waals surface area (Å²) in [5.41, 5.74) is 7.93. The lowest BCUT2D eigenvalue weighted by atomic mass is 10.2. The molecule has 1 heterocycles. The molecular weight excluding hydrogens is 520 g/mol. The fourth-order valence-corrected chi connectivity index (χ4v) is 5.04. The predicted molar refractivity (Wildman–Crippen MR) is 147 cm³/mol. The first-order valence-electron chi connectivity index (χ1n) is 12.1. The Labute approximate surface area is 226 Å². The molecule has 1 saturated heterocycles. The van der Waals surface area contributed by atoms with E-state index in [0.717, 1.165) is 15.3 Å². The molecule has 3 N–H and O–H groups in total. The molecule has 39 heavy (non-hydrogen) atoms. The number of amides is 1. The van der Waals surface area contributed by atoms with Crippen LogP contribution in [0.1, 0.15) is 16.7 Å². The van der Waals surface area contributed by atoms with E-state index >= 15 is 0 Å². The van der Waals surface area contributed by atoms with Crippen molar-refractivity contribution in [1.29, 1.82) is 5.41 Å². The summed E-state index contributed by atoms with van der Waals surface area (Å²) in [5, 5.41) is 8.53. The fraction of sp³-hybridized carbons (Fsp3) is 0.179. The van der Waals surface area contributed by atoms with Crippen molar-refractivity contribution in [2.75, 3.05) is 24.5 Å². The monoisotopic (exact) mass is 548 g/mol. The summed E-state index contributed by atoms with van der Waals surface area (Å²) >= 11 is 0. The van der Waals surface area contributed by atoms with Crippen molar-refractivity contribution in [2.24, 2.45) is 5.73 Å². The molecule has 1 aliphatic heterocycles. The molecule has 0 bridgehead atoms. The lowest BCUT2D eigenvalue weighted by Gasteiger charge is -2.22. The van der Waals surface area contributed by atoms with Crippen LogP contribution in [0.4, 0.5) is 10.5 Å². The molecule has 1 atom stereocenters. The summed E-state index contributed by atoms with van der Waals surface area (Å²) in [6.45, 7) is -0.757.